The standard InChI is InChI=1S/C12H25BrO3Si/c1-3-14-17(15-4-2,11-7-10-13)16-12-8-5-6-9-12/h12H,3-11H2,1-2H3. The van der Waals surface area contributed by atoms with Gasteiger partial charge in [-0.1, -0.05) is 28.8 Å². The molecule has 17 heavy (non-hydrogen) atoms. The van der Waals surface area contributed by atoms with E-state index < -0.39 is 8.80 Å². The van der Waals surface area contributed by atoms with Crippen molar-refractivity contribution >= 4 is 24.7 Å². The Bertz CT molecular complexity index is 192. The predicted molar refractivity (Wildman–Crippen MR) is 75.6 cm³/mol. The molecule has 0 unspecified atom stereocenters. The van der Waals surface area contributed by atoms with Gasteiger partial charge in [-0.2, -0.15) is 0 Å². The highest BCUT2D eigenvalue weighted by atomic mass is 79.9. The summed E-state index contributed by atoms with van der Waals surface area (Å²) in [5.41, 5.74) is 0. The monoisotopic (exact) mass is 324 g/mol. The molecular weight excluding hydrogens is 300 g/mol. The smallest absolute Gasteiger partial charge is 0.374 e. The first-order valence-electron chi connectivity index (χ1n) is 6.78. The van der Waals surface area contributed by atoms with Crippen molar-refractivity contribution in [2.75, 3.05) is 18.5 Å². The number of hydrogen-bond acceptors (Lipinski definition) is 3. The molecule has 0 spiro atoms. The summed E-state index contributed by atoms with van der Waals surface area (Å²) in [7, 11) is -2.41. The van der Waals surface area contributed by atoms with Crippen LogP contribution in [0.3, 0.4) is 0 Å². The molecule has 0 N–H and O–H groups in total. The van der Waals surface area contributed by atoms with Gasteiger partial charge in [0.2, 0.25) is 0 Å². The van der Waals surface area contributed by atoms with Gasteiger partial charge >= 0.3 is 8.80 Å². The van der Waals surface area contributed by atoms with Gasteiger partial charge in [-0.05, 0) is 33.1 Å². The summed E-state index contributed by atoms with van der Waals surface area (Å²) >= 11 is 3.47. The summed E-state index contributed by atoms with van der Waals surface area (Å²) in [6.45, 7) is 5.41. The molecule has 1 aliphatic rings. The maximum absolute atomic E-state index is 6.26. The lowest BCUT2D eigenvalue weighted by Gasteiger charge is -2.31. The van der Waals surface area contributed by atoms with Gasteiger partial charge < -0.3 is 13.3 Å². The Morgan fingerprint density at radius 2 is 1.71 bits per heavy atom. The van der Waals surface area contributed by atoms with Crippen LogP contribution in [0.4, 0.5) is 0 Å². The number of rotatable bonds is 9. The highest BCUT2D eigenvalue weighted by Crippen LogP contribution is 2.28. The van der Waals surface area contributed by atoms with Crippen molar-refractivity contribution in [1.82, 2.24) is 0 Å². The zero-order valence-corrected chi connectivity index (χ0v) is 13.6. The summed E-state index contributed by atoms with van der Waals surface area (Å²) in [4.78, 5) is 0. The second-order valence-corrected chi connectivity index (χ2v) is 7.84. The molecule has 0 aromatic carbocycles. The van der Waals surface area contributed by atoms with Gasteiger partial charge in [0.1, 0.15) is 0 Å². The van der Waals surface area contributed by atoms with Gasteiger partial charge in [-0.15, -0.1) is 0 Å². The van der Waals surface area contributed by atoms with E-state index in [1.54, 1.807) is 0 Å². The Kier molecular flexibility index (Phi) is 7.95. The quantitative estimate of drug-likeness (QED) is 0.477. The summed E-state index contributed by atoms with van der Waals surface area (Å²) in [5, 5.41) is 0.982. The minimum absolute atomic E-state index is 0.370. The molecule has 5 heteroatoms. The lowest BCUT2D eigenvalue weighted by Crippen LogP contribution is -2.48. The van der Waals surface area contributed by atoms with Crippen molar-refractivity contribution in [3.63, 3.8) is 0 Å². The molecule has 102 valence electrons. The Morgan fingerprint density at radius 1 is 1.12 bits per heavy atom. The van der Waals surface area contributed by atoms with Gasteiger partial charge in [-0.3, -0.25) is 0 Å². The Morgan fingerprint density at radius 3 is 2.18 bits per heavy atom. The summed E-state index contributed by atoms with van der Waals surface area (Å²) in [6, 6.07) is 0.927. The van der Waals surface area contributed by atoms with Crippen LogP contribution in [0.15, 0.2) is 0 Å². The molecule has 0 atom stereocenters. The molecule has 0 radical (unpaired) electrons. The molecule has 3 nitrogen and oxygen atoms in total. The normalized spacial score (nSPS) is 17.8. The number of halogens is 1. The fourth-order valence-corrected chi connectivity index (χ4v) is 5.95. The van der Waals surface area contributed by atoms with Crippen LogP contribution in [0.2, 0.25) is 6.04 Å². The van der Waals surface area contributed by atoms with E-state index in [1.165, 1.54) is 25.7 Å². The van der Waals surface area contributed by atoms with E-state index in [9.17, 15) is 0 Å². The minimum Gasteiger partial charge on any atom is -0.374 e. The lowest BCUT2D eigenvalue weighted by atomic mass is 10.3. The zero-order chi connectivity index (χ0) is 12.6. The van der Waals surface area contributed by atoms with E-state index in [1.807, 2.05) is 13.8 Å². The van der Waals surface area contributed by atoms with Crippen LogP contribution >= 0.6 is 15.9 Å². The van der Waals surface area contributed by atoms with Crippen LogP contribution in [0.25, 0.3) is 0 Å². The van der Waals surface area contributed by atoms with Gasteiger partial charge in [0.15, 0.2) is 0 Å². The zero-order valence-electron chi connectivity index (χ0n) is 11.0. The van der Waals surface area contributed by atoms with Gasteiger partial charge in [0.25, 0.3) is 0 Å². The van der Waals surface area contributed by atoms with Crippen LogP contribution in [0.5, 0.6) is 0 Å². The largest absolute Gasteiger partial charge is 0.501 e. The highest BCUT2D eigenvalue weighted by Gasteiger charge is 2.42. The summed E-state index contributed by atoms with van der Waals surface area (Å²) in [5.74, 6) is 0. The first-order valence-corrected chi connectivity index (χ1v) is 9.83. The van der Waals surface area contributed by atoms with E-state index in [0.717, 1.165) is 17.8 Å². The molecule has 0 saturated heterocycles. The van der Waals surface area contributed by atoms with Crippen molar-refractivity contribution in [1.29, 1.82) is 0 Å². The second kappa shape index (κ2) is 8.64. The van der Waals surface area contributed by atoms with E-state index in [4.69, 9.17) is 13.3 Å². The first-order chi connectivity index (χ1) is 8.26. The Balaban J connectivity index is 2.57. The van der Waals surface area contributed by atoms with Crippen molar-refractivity contribution in [3.05, 3.63) is 0 Å². The molecule has 1 aliphatic carbocycles. The summed E-state index contributed by atoms with van der Waals surface area (Å²) in [6.07, 6.45) is 6.33. The van der Waals surface area contributed by atoms with Crippen molar-refractivity contribution < 1.29 is 13.3 Å². The average molecular weight is 325 g/mol. The molecule has 0 aromatic heterocycles. The first kappa shape index (κ1) is 15.6. The minimum atomic E-state index is -2.41. The Labute approximate surface area is 115 Å². The highest BCUT2D eigenvalue weighted by molar-refractivity contribution is 9.09. The van der Waals surface area contributed by atoms with Crippen LogP contribution in [-0.2, 0) is 13.3 Å². The molecule has 1 fully saturated rings. The fourth-order valence-electron chi connectivity index (χ4n) is 2.30. The molecular formula is C12H25BrO3Si. The van der Waals surface area contributed by atoms with E-state index >= 15 is 0 Å². The predicted octanol–water partition coefficient (Wildman–Crippen LogP) is 3.74. The summed E-state index contributed by atoms with van der Waals surface area (Å²) < 4.78 is 18.1. The van der Waals surface area contributed by atoms with Crippen LogP contribution in [-0.4, -0.2) is 33.5 Å². The van der Waals surface area contributed by atoms with Gasteiger partial charge in [0, 0.05) is 30.7 Å². The molecule has 0 bridgehead atoms. The molecule has 1 saturated carbocycles. The van der Waals surface area contributed by atoms with Gasteiger partial charge in [0.05, 0.1) is 0 Å². The molecule has 0 heterocycles. The van der Waals surface area contributed by atoms with Crippen LogP contribution in [0, 0.1) is 0 Å². The average Bonchev–Trinajstić information content (AvgIpc) is 2.80. The van der Waals surface area contributed by atoms with E-state index in [0.29, 0.717) is 19.3 Å². The van der Waals surface area contributed by atoms with E-state index in [2.05, 4.69) is 15.9 Å². The third kappa shape index (κ3) is 5.38. The SMILES string of the molecule is CCO[Si](CCCBr)(OCC)OC1CCCC1. The number of hydrogen-bond donors (Lipinski definition) is 0. The third-order valence-electron chi connectivity index (χ3n) is 2.99. The molecule has 0 aromatic rings. The van der Waals surface area contributed by atoms with Crippen molar-refractivity contribution in [2.24, 2.45) is 0 Å². The van der Waals surface area contributed by atoms with Crippen molar-refractivity contribution in [3.8, 4) is 0 Å². The van der Waals surface area contributed by atoms with E-state index in [-0.39, 0.29) is 0 Å². The topological polar surface area (TPSA) is 27.7 Å². The molecule has 0 amide bonds. The Hall–Kier alpha value is 0.577. The second-order valence-electron chi connectivity index (χ2n) is 4.37. The van der Waals surface area contributed by atoms with Crippen LogP contribution < -0.4 is 0 Å². The maximum Gasteiger partial charge on any atom is 0.501 e. The lowest BCUT2D eigenvalue weighted by molar-refractivity contribution is 0.0345. The van der Waals surface area contributed by atoms with Crippen LogP contribution in [0.1, 0.15) is 46.0 Å². The number of alkyl halides is 1. The molecule has 1 rings (SSSR count). The van der Waals surface area contributed by atoms with Crippen molar-refractivity contribution in [2.45, 2.75) is 58.1 Å². The molecule has 0 aliphatic heterocycles. The van der Waals surface area contributed by atoms with Gasteiger partial charge in [-0.25, -0.2) is 0 Å². The third-order valence-corrected chi connectivity index (χ3v) is 6.67. The fraction of sp³-hybridized carbons (Fsp3) is 1.00. The maximum atomic E-state index is 6.26.